The molecule has 0 unspecified atom stereocenters. The van der Waals surface area contributed by atoms with Gasteiger partial charge in [0.25, 0.3) is 5.91 Å². The summed E-state index contributed by atoms with van der Waals surface area (Å²) in [6.07, 6.45) is 0.214. The maximum atomic E-state index is 12.5. The van der Waals surface area contributed by atoms with Crippen LogP contribution in [0.5, 0.6) is 5.75 Å². The number of carbonyl (C=O) groups excluding carboxylic acids is 2. The van der Waals surface area contributed by atoms with Crippen molar-refractivity contribution in [2.24, 2.45) is 0 Å². The Morgan fingerprint density at radius 1 is 0.800 bits per heavy atom. The van der Waals surface area contributed by atoms with E-state index in [4.69, 9.17) is 4.74 Å². The van der Waals surface area contributed by atoms with Crippen molar-refractivity contribution in [2.75, 3.05) is 6.61 Å². The van der Waals surface area contributed by atoms with Crippen molar-refractivity contribution in [1.82, 2.24) is 10.9 Å². The predicted octanol–water partition coefficient (Wildman–Crippen LogP) is 4.05. The molecule has 0 saturated heterocycles. The largest absolute Gasteiger partial charge is 0.483 e. The van der Waals surface area contributed by atoms with E-state index in [9.17, 15) is 9.59 Å². The molecule has 0 aromatic heterocycles. The van der Waals surface area contributed by atoms with Gasteiger partial charge in [-0.25, -0.2) is 0 Å². The molecule has 2 amide bonds. The van der Waals surface area contributed by atoms with E-state index < -0.39 is 5.91 Å². The summed E-state index contributed by atoms with van der Waals surface area (Å²) in [7, 11) is 0. The first-order chi connectivity index (χ1) is 14.5. The van der Waals surface area contributed by atoms with E-state index in [2.05, 4.69) is 10.9 Å². The summed E-state index contributed by atoms with van der Waals surface area (Å²) >= 11 is 0. The minimum absolute atomic E-state index is 0.101. The Morgan fingerprint density at radius 2 is 1.37 bits per heavy atom. The lowest BCUT2D eigenvalue weighted by molar-refractivity contribution is -0.130. The smallest absolute Gasteiger partial charge is 0.276 e. The summed E-state index contributed by atoms with van der Waals surface area (Å²) in [5, 5.41) is 0. The Bertz CT molecular complexity index is 948. The van der Waals surface area contributed by atoms with Crippen LogP contribution in [0.3, 0.4) is 0 Å². The van der Waals surface area contributed by atoms with Crippen LogP contribution < -0.4 is 15.6 Å². The third kappa shape index (κ3) is 5.95. The van der Waals surface area contributed by atoms with Crippen LogP contribution in [-0.2, 0) is 9.59 Å². The van der Waals surface area contributed by atoms with Gasteiger partial charge in [-0.05, 0) is 42.2 Å². The maximum absolute atomic E-state index is 12.5. The number of amides is 2. The van der Waals surface area contributed by atoms with E-state index in [-0.39, 0.29) is 24.9 Å². The van der Waals surface area contributed by atoms with E-state index in [0.29, 0.717) is 5.75 Å². The number of aryl methyl sites for hydroxylation is 2. The lowest BCUT2D eigenvalue weighted by Crippen LogP contribution is -2.44. The molecule has 3 aromatic carbocycles. The van der Waals surface area contributed by atoms with Crippen LogP contribution in [0, 0.1) is 13.8 Å². The van der Waals surface area contributed by atoms with Crippen molar-refractivity contribution < 1.29 is 14.3 Å². The Labute approximate surface area is 177 Å². The lowest BCUT2D eigenvalue weighted by Gasteiger charge is -2.18. The average Bonchev–Trinajstić information content (AvgIpc) is 2.78. The molecule has 5 nitrogen and oxygen atoms in total. The van der Waals surface area contributed by atoms with Gasteiger partial charge in [0.05, 0.1) is 0 Å². The molecule has 30 heavy (non-hydrogen) atoms. The van der Waals surface area contributed by atoms with Gasteiger partial charge in [0.1, 0.15) is 5.75 Å². The van der Waals surface area contributed by atoms with Gasteiger partial charge in [-0.3, -0.25) is 20.4 Å². The zero-order valence-corrected chi connectivity index (χ0v) is 17.2. The molecule has 0 bridgehead atoms. The molecular weight excluding hydrogens is 376 g/mol. The first kappa shape index (κ1) is 21.1. The van der Waals surface area contributed by atoms with E-state index in [1.807, 2.05) is 92.7 Å². The Kier molecular flexibility index (Phi) is 7.22. The van der Waals surface area contributed by atoms with Crippen LogP contribution in [0.2, 0.25) is 0 Å². The monoisotopic (exact) mass is 402 g/mol. The molecule has 0 aliphatic carbocycles. The fourth-order valence-corrected chi connectivity index (χ4v) is 3.22. The molecule has 3 rings (SSSR count). The number of nitrogens with one attached hydrogen (secondary N) is 2. The molecule has 154 valence electrons. The van der Waals surface area contributed by atoms with Crippen LogP contribution in [0.15, 0.2) is 78.9 Å². The van der Waals surface area contributed by atoms with Gasteiger partial charge in [0.2, 0.25) is 5.91 Å². The van der Waals surface area contributed by atoms with Gasteiger partial charge in [0, 0.05) is 12.3 Å². The fraction of sp³-hybridized carbons (Fsp3) is 0.200. The highest BCUT2D eigenvalue weighted by atomic mass is 16.5. The predicted molar refractivity (Wildman–Crippen MR) is 117 cm³/mol. The first-order valence-corrected chi connectivity index (χ1v) is 9.90. The summed E-state index contributed by atoms with van der Waals surface area (Å²) in [5.74, 6) is -0.131. The van der Waals surface area contributed by atoms with E-state index in [0.717, 1.165) is 22.3 Å². The van der Waals surface area contributed by atoms with Gasteiger partial charge in [-0.15, -0.1) is 0 Å². The fourth-order valence-electron chi connectivity index (χ4n) is 3.22. The number of hydrogen-bond acceptors (Lipinski definition) is 3. The highest BCUT2D eigenvalue weighted by Crippen LogP contribution is 2.27. The number of hydrogen-bond donors (Lipinski definition) is 2. The van der Waals surface area contributed by atoms with Crippen LogP contribution in [0.4, 0.5) is 0 Å². The number of ether oxygens (including phenoxy) is 1. The molecule has 0 aliphatic heterocycles. The topological polar surface area (TPSA) is 67.4 Å². The highest BCUT2D eigenvalue weighted by molar-refractivity contribution is 5.83. The molecular formula is C25H26N2O3. The standard InChI is InChI=1S/C25H26N2O3/c1-18-13-14-19(2)23(15-18)30-17-25(29)27-26-24(28)16-22(20-9-5-3-6-10-20)21-11-7-4-8-12-21/h3-15,22H,16-17H2,1-2H3,(H,26,28)(H,27,29). The summed E-state index contributed by atoms with van der Waals surface area (Å²) < 4.78 is 5.57. The van der Waals surface area contributed by atoms with Gasteiger partial charge in [-0.1, -0.05) is 72.8 Å². The molecule has 0 aliphatic rings. The second-order valence-corrected chi connectivity index (χ2v) is 7.23. The molecule has 0 spiro atoms. The van der Waals surface area contributed by atoms with Crippen molar-refractivity contribution in [3.63, 3.8) is 0 Å². The number of rotatable bonds is 7. The molecule has 0 radical (unpaired) electrons. The zero-order valence-electron chi connectivity index (χ0n) is 17.2. The maximum Gasteiger partial charge on any atom is 0.276 e. The van der Waals surface area contributed by atoms with E-state index in [1.165, 1.54) is 0 Å². The van der Waals surface area contributed by atoms with Gasteiger partial charge in [-0.2, -0.15) is 0 Å². The molecule has 3 aromatic rings. The molecule has 0 heterocycles. The van der Waals surface area contributed by atoms with Gasteiger partial charge >= 0.3 is 0 Å². The molecule has 2 N–H and O–H groups in total. The van der Waals surface area contributed by atoms with Crippen LogP contribution in [-0.4, -0.2) is 18.4 Å². The lowest BCUT2D eigenvalue weighted by atomic mass is 9.88. The summed E-state index contributed by atoms with van der Waals surface area (Å²) in [6.45, 7) is 3.70. The van der Waals surface area contributed by atoms with Crippen LogP contribution >= 0.6 is 0 Å². The summed E-state index contributed by atoms with van der Waals surface area (Å²) in [4.78, 5) is 24.6. The Hall–Kier alpha value is -3.60. The second-order valence-electron chi connectivity index (χ2n) is 7.23. The summed E-state index contributed by atoms with van der Waals surface area (Å²) in [5.41, 5.74) is 9.02. The van der Waals surface area contributed by atoms with Crippen molar-refractivity contribution in [3.8, 4) is 5.75 Å². The van der Waals surface area contributed by atoms with Crippen LogP contribution in [0.25, 0.3) is 0 Å². The van der Waals surface area contributed by atoms with Gasteiger partial charge < -0.3 is 4.74 Å². The second kappa shape index (κ2) is 10.3. The Morgan fingerprint density at radius 3 is 1.97 bits per heavy atom. The normalized spacial score (nSPS) is 10.5. The average molecular weight is 402 g/mol. The summed E-state index contributed by atoms with van der Waals surface area (Å²) in [6, 6.07) is 25.5. The number of benzene rings is 3. The zero-order chi connectivity index (χ0) is 21.3. The molecule has 0 saturated carbocycles. The van der Waals surface area contributed by atoms with Gasteiger partial charge in [0.15, 0.2) is 6.61 Å². The number of carbonyl (C=O) groups is 2. The van der Waals surface area contributed by atoms with Crippen molar-refractivity contribution >= 4 is 11.8 Å². The third-order valence-corrected chi connectivity index (χ3v) is 4.84. The minimum Gasteiger partial charge on any atom is -0.483 e. The third-order valence-electron chi connectivity index (χ3n) is 4.84. The quantitative estimate of drug-likeness (QED) is 0.586. The minimum atomic E-state index is -0.416. The van der Waals surface area contributed by atoms with Crippen LogP contribution in [0.1, 0.15) is 34.6 Å². The van der Waals surface area contributed by atoms with E-state index in [1.54, 1.807) is 0 Å². The number of hydrazine groups is 1. The Balaban J connectivity index is 1.55. The van der Waals surface area contributed by atoms with Crippen molar-refractivity contribution in [1.29, 1.82) is 0 Å². The molecule has 0 fully saturated rings. The van der Waals surface area contributed by atoms with E-state index >= 15 is 0 Å². The van der Waals surface area contributed by atoms with Crippen molar-refractivity contribution in [2.45, 2.75) is 26.2 Å². The molecule has 0 atom stereocenters. The molecule has 5 heteroatoms. The highest BCUT2D eigenvalue weighted by Gasteiger charge is 2.18. The van der Waals surface area contributed by atoms with Crippen molar-refractivity contribution in [3.05, 3.63) is 101 Å². The SMILES string of the molecule is Cc1ccc(C)c(OCC(=O)NNC(=O)CC(c2ccccc2)c2ccccc2)c1. The first-order valence-electron chi connectivity index (χ1n) is 9.90.